The highest BCUT2D eigenvalue weighted by molar-refractivity contribution is 5.74. The molecule has 1 aliphatic rings. The molecule has 0 radical (unpaired) electrons. The maximum atomic E-state index is 10.9. The van der Waals surface area contributed by atoms with Crippen molar-refractivity contribution in [2.75, 3.05) is 0 Å². The topological polar surface area (TPSA) is 63.1 Å². The van der Waals surface area contributed by atoms with Crippen molar-refractivity contribution < 1.29 is 9.90 Å². The molecule has 1 unspecified atom stereocenters. The Morgan fingerprint density at radius 3 is 2.69 bits per heavy atom. The molecule has 1 N–H and O–H groups in total. The van der Waals surface area contributed by atoms with Crippen LogP contribution in [0.1, 0.15) is 55.2 Å². The molecule has 1 atom stereocenters. The number of hydrogen-bond acceptors (Lipinski definition) is 3. The fraction of sp³-hybridized carbons (Fsp3) is 0.583. The van der Waals surface area contributed by atoms with Gasteiger partial charge >= 0.3 is 5.97 Å². The van der Waals surface area contributed by atoms with Gasteiger partial charge in [-0.25, -0.2) is 9.97 Å². The van der Waals surface area contributed by atoms with E-state index in [-0.39, 0.29) is 0 Å². The number of carbonyl (C=O) groups is 1. The van der Waals surface area contributed by atoms with Gasteiger partial charge in [-0.05, 0) is 32.8 Å². The van der Waals surface area contributed by atoms with E-state index in [0.29, 0.717) is 11.7 Å². The molecule has 0 aromatic carbocycles. The van der Waals surface area contributed by atoms with Gasteiger partial charge in [0.2, 0.25) is 0 Å². The molecule has 1 saturated carbocycles. The van der Waals surface area contributed by atoms with Crippen molar-refractivity contribution in [1.82, 2.24) is 9.97 Å². The molecule has 2 rings (SSSR count). The third-order valence-corrected chi connectivity index (χ3v) is 3.17. The van der Waals surface area contributed by atoms with Crippen molar-refractivity contribution in [2.45, 2.75) is 44.9 Å². The Morgan fingerprint density at radius 2 is 2.19 bits per heavy atom. The summed E-state index contributed by atoms with van der Waals surface area (Å²) < 4.78 is 0. The third kappa shape index (κ3) is 2.05. The molecular formula is C12H16N2O2. The number of carboxylic acid groups (broad SMARTS) is 1. The van der Waals surface area contributed by atoms with Crippen LogP contribution < -0.4 is 0 Å². The average Bonchev–Trinajstić information content (AvgIpc) is 2.12. The minimum atomic E-state index is -0.870. The number of aryl methyl sites for hydroxylation is 1. The molecular weight excluding hydrogens is 204 g/mol. The second-order valence-corrected chi connectivity index (χ2v) is 4.48. The molecule has 0 amide bonds. The van der Waals surface area contributed by atoms with Gasteiger partial charge in [0, 0.05) is 17.3 Å². The lowest BCUT2D eigenvalue weighted by atomic mass is 9.82. The van der Waals surface area contributed by atoms with Gasteiger partial charge < -0.3 is 5.11 Å². The molecule has 0 spiro atoms. The monoisotopic (exact) mass is 220 g/mol. The Kier molecular flexibility index (Phi) is 2.90. The van der Waals surface area contributed by atoms with Crippen LogP contribution in [0.3, 0.4) is 0 Å². The minimum Gasteiger partial charge on any atom is -0.481 e. The van der Waals surface area contributed by atoms with Crippen molar-refractivity contribution >= 4 is 5.97 Å². The Bertz CT molecular complexity index is 413. The first-order valence-electron chi connectivity index (χ1n) is 5.66. The molecule has 1 heterocycles. The molecule has 0 saturated heterocycles. The van der Waals surface area contributed by atoms with Gasteiger partial charge in [-0.3, -0.25) is 4.79 Å². The number of rotatable bonds is 3. The first kappa shape index (κ1) is 11.0. The van der Waals surface area contributed by atoms with Crippen LogP contribution in [0, 0.1) is 6.92 Å². The SMILES string of the molecule is Cc1cc(C2CCC2)nc(C(C)C(=O)O)n1. The van der Waals surface area contributed by atoms with Crippen LogP contribution in [-0.2, 0) is 4.79 Å². The van der Waals surface area contributed by atoms with Crippen molar-refractivity contribution in [3.8, 4) is 0 Å². The van der Waals surface area contributed by atoms with E-state index in [1.807, 2.05) is 13.0 Å². The van der Waals surface area contributed by atoms with Crippen LogP contribution in [0.15, 0.2) is 6.07 Å². The number of aliphatic carboxylic acids is 1. The van der Waals surface area contributed by atoms with Gasteiger partial charge in [0.25, 0.3) is 0 Å². The number of aromatic nitrogens is 2. The highest BCUT2D eigenvalue weighted by Crippen LogP contribution is 2.35. The molecule has 86 valence electrons. The summed E-state index contributed by atoms with van der Waals surface area (Å²) in [6, 6.07) is 1.97. The summed E-state index contributed by atoms with van der Waals surface area (Å²) in [7, 11) is 0. The zero-order valence-electron chi connectivity index (χ0n) is 9.60. The van der Waals surface area contributed by atoms with E-state index >= 15 is 0 Å². The average molecular weight is 220 g/mol. The summed E-state index contributed by atoms with van der Waals surface area (Å²) in [6.45, 7) is 3.52. The van der Waals surface area contributed by atoms with Gasteiger partial charge in [0.15, 0.2) is 0 Å². The van der Waals surface area contributed by atoms with E-state index in [9.17, 15) is 4.79 Å². The molecule has 1 fully saturated rings. The minimum absolute atomic E-state index is 0.439. The lowest BCUT2D eigenvalue weighted by Gasteiger charge is -2.25. The van der Waals surface area contributed by atoms with Gasteiger partial charge in [0.1, 0.15) is 11.7 Å². The van der Waals surface area contributed by atoms with E-state index in [1.54, 1.807) is 6.92 Å². The summed E-state index contributed by atoms with van der Waals surface area (Å²) in [6.07, 6.45) is 3.58. The highest BCUT2D eigenvalue weighted by Gasteiger charge is 2.24. The summed E-state index contributed by atoms with van der Waals surface area (Å²) in [5.41, 5.74) is 1.88. The zero-order valence-corrected chi connectivity index (χ0v) is 9.60. The summed E-state index contributed by atoms with van der Waals surface area (Å²) in [5.74, 6) is -0.542. The van der Waals surface area contributed by atoms with Crippen molar-refractivity contribution in [3.63, 3.8) is 0 Å². The second kappa shape index (κ2) is 4.20. The molecule has 16 heavy (non-hydrogen) atoms. The third-order valence-electron chi connectivity index (χ3n) is 3.17. The summed E-state index contributed by atoms with van der Waals surface area (Å²) in [4.78, 5) is 19.5. The Balaban J connectivity index is 2.31. The standard InChI is InChI=1S/C12H16N2O2/c1-7-6-10(9-4-3-5-9)14-11(13-7)8(2)12(15)16/h6,8-9H,3-5H2,1-2H3,(H,15,16). The quantitative estimate of drug-likeness (QED) is 0.848. The van der Waals surface area contributed by atoms with Gasteiger partial charge in [-0.15, -0.1) is 0 Å². The maximum Gasteiger partial charge on any atom is 0.313 e. The van der Waals surface area contributed by atoms with Crippen molar-refractivity contribution in [1.29, 1.82) is 0 Å². The predicted octanol–water partition coefficient (Wildman–Crippen LogP) is 2.24. The van der Waals surface area contributed by atoms with E-state index in [4.69, 9.17) is 5.11 Å². The van der Waals surface area contributed by atoms with Crippen LogP contribution in [0.5, 0.6) is 0 Å². The van der Waals surface area contributed by atoms with Crippen LogP contribution in [0.25, 0.3) is 0 Å². The fourth-order valence-corrected chi connectivity index (χ4v) is 1.83. The Morgan fingerprint density at radius 1 is 1.50 bits per heavy atom. The molecule has 4 nitrogen and oxygen atoms in total. The summed E-state index contributed by atoms with van der Waals surface area (Å²) >= 11 is 0. The first-order valence-corrected chi connectivity index (χ1v) is 5.66. The largest absolute Gasteiger partial charge is 0.481 e. The lowest BCUT2D eigenvalue weighted by molar-refractivity contribution is -0.138. The van der Waals surface area contributed by atoms with Gasteiger partial charge in [-0.1, -0.05) is 6.42 Å². The normalized spacial score (nSPS) is 17.9. The Labute approximate surface area is 94.7 Å². The van der Waals surface area contributed by atoms with E-state index < -0.39 is 11.9 Å². The van der Waals surface area contributed by atoms with Crippen LogP contribution in [-0.4, -0.2) is 21.0 Å². The molecule has 1 aromatic heterocycles. The number of hydrogen-bond donors (Lipinski definition) is 1. The Hall–Kier alpha value is -1.45. The smallest absolute Gasteiger partial charge is 0.313 e. The van der Waals surface area contributed by atoms with Crippen molar-refractivity contribution in [3.05, 3.63) is 23.3 Å². The first-order chi connectivity index (χ1) is 7.58. The fourth-order valence-electron chi connectivity index (χ4n) is 1.83. The molecule has 1 aliphatic carbocycles. The van der Waals surface area contributed by atoms with Gasteiger partial charge in [-0.2, -0.15) is 0 Å². The predicted molar refractivity (Wildman–Crippen MR) is 59.4 cm³/mol. The highest BCUT2D eigenvalue weighted by atomic mass is 16.4. The van der Waals surface area contributed by atoms with Crippen LogP contribution in [0.2, 0.25) is 0 Å². The zero-order chi connectivity index (χ0) is 11.7. The molecule has 4 heteroatoms. The van der Waals surface area contributed by atoms with Crippen LogP contribution in [0.4, 0.5) is 0 Å². The molecule has 0 aliphatic heterocycles. The van der Waals surface area contributed by atoms with E-state index in [2.05, 4.69) is 9.97 Å². The lowest BCUT2D eigenvalue weighted by Crippen LogP contribution is -2.17. The number of carboxylic acids is 1. The van der Waals surface area contributed by atoms with E-state index in [1.165, 1.54) is 6.42 Å². The summed E-state index contributed by atoms with van der Waals surface area (Å²) in [5, 5.41) is 8.95. The second-order valence-electron chi connectivity index (χ2n) is 4.48. The number of nitrogens with zero attached hydrogens (tertiary/aromatic N) is 2. The van der Waals surface area contributed by atoms with Crippen LogP contribution >= 0.6 is 0 Å². The van der Waals surface area contributed by atoms with Gasteiger partial charge in [0.05, 0.1) is 0 Å². The molecule has 1 aromatic rings. The maximum absolute atomic E-state index is 10.9. The van der Waals surface area contributed by atoms with Crippen molar-refractivity contribution in [2.24, 2.45) is 0 Å². The van der Waals surface area contributed by atoms with E-state index in [0.717, 1.165) is 24.2 Å². The molecule has 0 bridgehead atoms.